The predicted octanol–water partition coefficient (Wildman–Crippen LogP) is 3.33. The number of hydrogen-bond donors (Lipinski definition) is 0. The molecule has 0 spiro atoms. The molecule has 1 aliphatic rings. The van der Waals surface area contributed by atoms with Gasteiger partial charge in [-0.15, -0.1) is 0 Å². The third-order valence-corrected chi connectivity index (χ3v) is 4.51. The van der Waals surface area contributed by atoms with E-state index in [2.05, 4.69) is 21.8 Å². The van der Waals surface area contributed by atoms with E-state index in [1.54, 1.807) is 18.7 Å². The molecule has 0 aromatic carbocycles. The van der Waals surface area contributed by atoms with Crippen LogP contribution in [-0.2, 0) is 4.74 Å². The van der Waals surface area contributed by atoms with Gasteiger partial charge in [-0.25, -0.2) is 9.97 Å². The van der Waals surface area contributed by atoms with E-state index in [1.165, 1.54) is 0 Å². The van der Waals surface area contributed by atoms with Crippen molar-refractivity contribution in [3.63, 3.8) is 0 Å². The molecule has 1 saturated heterocycles. The van der Waals surface area contributed by atoms with E-state index in [9.17, 15) is 0 Å². The van der Waals surface area contributed by atoms with Crippen molar-refractivity contribution in [2.24, 2.45) is 0 Å². The van der Waals surface area contributed by atoms with Gasteiger partial charge in [-0.05, 0) is 38.1 Å². The summed E-state index contributed by atoms with van der Waals surface area (Å²) >= 11 is 0. The minimum atomic E-state index is -0.0831. The summed E-state index contributed by atoms with van der Waals surface area (Å²) in [5.74, 6) is 2.50. The highest BCUT2D eigenvalue weighted by Crippen LogP contribution is 2.29. The molecule has 6 nitrogen and oxygen atoms in total. The monoisotopic (exact) mass is 336 g/mol. The molecule has 4 rings (SSSR count). The molecule has 0 radical (unpaired) electrons. The molecule has 0 amide bonds. The largest absolute Gasteiger partial charge is 0.467 e. The Kier molecular flexibility index (Phi) is 4.19. The highest BCUT2D eigenvalue weighted by atomic mass is 16.5. The van der Waals surface area contributed by atoms with E-state index in [1.807, 2.05) is 31.2 Å². The molecule has 1 aliphatic heterocycles. The maximum atomic E-state index is 5.87. The molecule has 0 N–H and O–H groups in total. The molecule has 3 aromatic heterocycles. The van der Waals surface area contributed by atoms with E-state index in [4.69, 9.17) is 14.1 Å². The normalized spacial score (nSPS) is 17.7. The lowest BCUT2D eigenvalue weighted by molar-refractivity contribution is 0.0254. The van der Waals surface area contributed by atoms with Crippen LogP contribution in [0, 0.1) is 13.8 Å². The lowest BCUT2D eigenvalue weighted by atomic mass is 10.1. The van der Waals surface area contributed by atoms with Crippen LogP contribution in [0.1, 0.15) is 23.1 Å². The Morgan fingerprint density at radius 3 is 2.84 bits per heavy atom. The second-order valence-electron chi connectivity index (χ2n) is 6.14. The number of nitrogens with zero attached hydrogens (tertiary/aromatic N) is 4. The fourth-order valence-electron chi connectivity index (χ4n) is 3.03. The van der Waals surface area contributed by atoms with Gasteiger partial charge in [-0.1, -0.05) is 0 Å². The zero-order chi connectivity index (χ0) is 17.2. The summed E-state index contributed by atoms with van der Waals surface area (Å²) in [6.07, 6.45) is 5.14. The van der Waals surface area contributed by atoms with E-state index in [0.717, 1.165) is 34.9 Å². The van der Waals surface area contributed by atoms with E-state index < -0.39 is 0 Å². The summed E-state index contributed by atoms with van der Waals surface area (Å²) < 4.78 is 11.4. The van der Waals surface area contributed by atoms with E-state index in [-0.39, 0.29) is 6.10 Å². The molecule has 25 heavy (non-hydrogen) atoms. The van der Waals surface area contributed by atoms with Crippen LogP contribution < -0.4 is 4.90 Å². The van der Waals surface area contributed by atoms with Crippen LogP contribution in [0.3, 0.4) is 0 Å². The average Bonchev–Trinajstić information content (AvgIpc) is 3.19. The van der Waals surface area contributed by atoms with Gasteiger partial charge < -0.3 is 14.1 Å². The molecule has 128 valence electrons. The summed E-state index contributed by atoms with van der Waals surface area (Å²) in [6.45, 7) is 6.22. The SMILES string of the molecule is Cc1nc(-c2cccnc2)nc(N2CCOC(c3ccco3)C2)c1C. The summed E-state index contributed by atoms with van der Waals surface area (Å²) in [5, 5.41) is 0. The highest BCUT2D eigenvalue weighted by molar-refractivity contribution is 5.59. The first-order valence-electron chi connectivity index (χ1n) is 8.38. The third kappa shape index (κ3) is 3.13. The Labute approximate surface area is 146 Å². The molecule has 6 heteroatoms. The van der Waals surface area contributed by atoms with Gasteiger partial charge in [0, 0.05) is 35.8 Å². The van der Waals surface area contributed by atoms with Crippen molar-refractivity contribution in [2.45, 2.75) is 20.0 Å². The Morgan fingerprint density at radius 1 is 1.16 bits per heavy atom. The number of morpholine rings is 1. The molecule has 1 unspecified atom stereocenters. The quantitative estimate of drug-likeness (QED) is 0.731. The van der Waals surface area contributed by atoms with Crippen molar-refractivity contribution >= 4 is 5.82 Å². The van der Waals surface area contributed by atoms with Crippen LogP contribution >= 0.6 is 0 Å². The molecule has 0 saturated carbocycles. The summed E-state index contributed by atoms with van der Waals surface area (Å²) in [5.41, 5.74) is 2.99. The first kappa shape index (κ1) is 15.8. The van der Waals surface area contributed by atoms with Gasteiger partial charge in [0.25, 0.3) is 0 Å². The Hall–Kier alpha value is -2.73. The first-order valence-corrected chi connectivity index (χ1v) is 8.38. The minimum absolute atomic E-state index is 0.0831. The van der Waals surface area contributed by atoms with E-state index in [0.29, 0.717) is 19.0 Å². The number of ether oxygens (including phenoxy) is 1. The van der Waals surface area contributed by atoms with Crippen molar-refractivity contribution in [2.75, 3.05) is 24.6 Å². The van der Waals surface area contributed by atoms with Crippen LogP contribution in [-0.4, -0.2) is 34.6 Å². The molecule has 0 aliphatic carbocycles. The Morgan fingerprint density at radius 2 is 2.08 bits per heavy atom. The zero-order valence-electron chi connectivity index (χ0n) is 14.3. The third-order valence-electron chi connectivity index (χ3n) is 4.51. The molecule has 1 fully saturated rings. The van der Waals surface area contributed by atoms with Gasteiger partial charge in [0.05, 0.1) is 19.4 Å². The smallest absolute Gasteiger partial charge is 0.163 e. The van der Waals surface area contributed by atoms with Gasteiger partial charge in [0.15, 0.2) is 5.82 Å². The topological polar surface area (TPSA) is 64.3 Å². The van der Waals surface area contributed by atoms with Crippen LogP contribution in [0.4, 0.5) is 5.82 Å². The van der Waals surface area contributed by atoms with Crippen molar-refractivity contribution in [1.82, 2.24) is 15.0 Å². The molecular formula is C19H20N4O2. The minimum Gasteiger partial charge on any atom is -0.467 e. The van der Waals surface area contributed by atoms with Crippen LogP contribution in [0.25, 0.3) is 11.4 Å². The summed E-state index contributed by atoms with van der Waals surface area (Å²) in [7, 11) is 0. The number of rotatable bonds is 3. The summed E-state index contributed by atoms with van der Waals surface area (Å²) in [6, 6.07) is 7.71. The van der Waals surface area contributed by atoms with Crippen molar-refractivity contribution in [1.29, 1.82) is 0 Å². The van der Waals surface area contributed by atoms with Crippen molar-refractivity contribution in [3.8, 4) is 11.4 Å². The van der Waals surface area contributed by atoms with Crippen molar-refractivity contribution in [3.05, 3.63) is 59.9 Å². The lowest BCUT2D eigenvalue weighted by Gasteiger charge is -2.34. The highest BCUT2D eigenvalue weighted by Gasteiger charge is 2.26. The maximum Gasteiger partial charge on any atom is 0.163 e. The number of pyridine rings is 1. The maximum absolute atomic E-state index is 5.87. The number of hydrogen-bond acceptors (Lipinski definition) is 6. The van der Waals surface area contributed by atoms with Gasteiger partial charge >= 0.3 is 0 Å². The first-order chi connectivity index (χ1) is 12.2. The predicted molar refractivity (Wildman–Crippen MR) is 94.4 cm³/mol. The van der Waals surface area contributed by atoms with Gasteiger partial charge in [0.1, 0.15) is 17.7 Å². The van der Waals surface area contributed by atoms with Gasteiger partial charge in [-0.3, -0.25) is 4.98 Å². The number of anilines is 1. The second-order valence-corrected chi connectivity index (χ2v) is 6.14. The second kappa shape index (κ2) is 6.64. The Bertz CT molecular complexity index is 849. The van der Waals surface area contributed by atoms with Crippen molar-refractivity contribution < 1.29 is 9.15 Å². The number of furan rings is 1. The molecule has 4 heterocycles. The standard InChI is InChI=1S/C19H20N4O2/c1-13-14(2)21-18(15-5-3-7-20-11-15)22-19(13)23-8-10-25-17(12-23)16-6-4-9-24-16/h3-7,9,11,17H,8,10,12H2,1-2H3. The van der Waals surface area contributed by atoms with Gasteiger partial charge in [0.2, 0.25) is 0 Å². The molecule has 3 aromatic rings. The van der Waals surface area contributed by atoms with Crippen LogP contribution in [0.5, 0.6) is 0 Å². The lowest BCUT2D eigenvalue weighted by Crippen LogP contribution is -2.39. The zero-order valence-corrected chi connectivity index (χ0v) is 14.3. The van der Waals surface area contributed by atoms with Gasteiger partial charge in [-0.2, -0.15) is 0 Å². The fourth-order valence-corrected chi connectivity index (χ4v) is 3.03. The number of aryl methyl sites for hydroxylation is 1. The van der Waals surface area contributed by atoms with E-state index >= 15 is 0 Å². The Balaban J connectivity index is 1.68. The summed E-state index contributed by atoms with van der Waals surface area (Å²) in [4.78, 5) is 15.9. The average molecular weight is 336 g/mol. The van der Waals surface area contributed by atoms with Crippen LogP contribution in [0.15, 0.2) is 47.3 Å². The molecule has 0 bridgehead atoms. The fraction of sp³-hybridized carbons (Fsp3) is 0.316. The van der Waals surface area contributed by atoms with Crippen LogP contribution in [0.2, 0.25) is 0 Å². The number of aromatic nitrogens is 3. The molecule has 1 atom stereocenters. The molecular weight excluding hydrogens is 316 g/mol.